The average Bonchev–Trinajstić information content (AvgIpc) is 2.47. The van der Waals surface area contributed by atoms with Crippen LogP contribution >= 0.6 is 0 Å². The lowest BCUT2D eigenvalue weighted by Gasteiger charge is -2.23. The van der Waals surface area contributed by atoms with Crippen LogP contribution in [0.2, 0.25) is 0 Å². The molecule has 5 heteroatoms. The van der Waals surface area contributed by atoms with Crippen LogP contribution < -0.4 is 21.3 Å². The Balaban J connectivity index is 1.79. The van der Waals surface area contributed by atoms with Crippen molar-refractivity contribution in [1.82, 2.24) is 10.6 Å². The summed E-state index contributed by atoms with van der Waals surface area (Å²) in [6, 6.07) is 7.59. The molecule has 5 nitrogen and oxygen atoms in total. The van der Waals surface area contributed by atoms with Gasteiger partial charge < -0.3 is 21.3 Å². The van der Waals surface area contributed by atoms with Crippen LogP contribution in [-0.4, -0.2) is 32.7 Å². The van der Waals surface area contributed by atoms with Gasteiger partial charge in [-0.25, -0.2) is 4.79 Å². The first-order valence-corrected chi connectivity index (χ1v) is 6.81. The molecule has 0 saturated carbocycles. The van der Waals surface area contributed by atoms with Crippen molar-refractivity contribution in [3.05, 3.63) is 24.3 Å². The summed E-state index contributed by atoms with van der Waals surface area (Å²) in [7, 11) is 1.60. The van der Waals surface area contributed by atoms with E-state index in [4.69, 9.17) is 0 Å². The zero-order valence-electron chi connectivity index (χ0n) is 11.3. The van der Waals surface area contributed by atoms with Crippen LogP contribution in [-0.2, 0) is 0 Å². The first kappa shape index (κ1) is 13.7. The molecule has 19 heavy (non-hydrogen) atoms. The van der Waals surface area contributed by atoms with E-state index in [-0.39, 0.29) is 6.03 Å². The molecule has 1 fully saturated rings. The van der Waals surface area contributed by atoms with Crippen LogP contribution in [0.1, 0.15) is 12.8 Å². The van der Waals surface area contributed by atoms with Crippen LogP contribution in [0.3, 0.4) is 0 Å². The summed E-state index contributed by atoms with van der Waals surface area (Å²) in [5, 5.41) is 12.1. The van der Waals surface area contributed by atoms with Gasteiger partial charge in [-0.15, -0.1) is 0 Å². The van der Waals surface area contributed by atoms with E-state index in [1.54, 1.807) is 7.05 Å². The number of nitrogens with one attached hydrogen (secondary N) is 4. The molecule has 1 aliphatic heterocycles. The van der Waals surface area contributed by atoms with E-state index in [1.807, 2.05) is 24.3 Å². The standard InChI is InChI=1S/C14H22N4O/c1-15-14(19)18-13-4-2-12(3-5-13)17-10-11-6-8-16-9-7-11/h2-5,11,16-17H,6-10H2,1H3,(H2,15,18,19). The minimum Gasteiger partial charge on any atom is -0.385 e. The van der Waals surface area contributed by atoms with Gasteiger partial charge in [0.05, 0.1) is 0 Å². The molecule has 0 bridgehead atoms. The monoisotopic (exact) mass is 262 g/mol. The molecule has 1 aromatic rings. The largest absolute Gasteiger partial charge is 0.385 e. The second-order valence-electron chi connectivity index (χ2n) is 4.86. The predicted molar refractivity (Wildman–Crippen MR) is 78.6 cm³/mol. The number of hydrogen-bond donors (Lipinski definition) is 4. The molecule has 1 heterocycles. The average molecular weight is 262 g/mol. The summed E-state index contributed by atoms with van der Waals surface area (Å²) < 4.78 is 0. The molecule has 0 aliphatic carbocycles. The molecule has 0 unspecified atom stereocenters. The van der Waals surface area contributed by atoms with Crippen molar-refractivity contribution in [2.75, 3.05) is 37.3 Å². The quantitative estimate of drug-likeness (QED) is 0.669. The number of amides is 2. The number of anilines is 2. The molecular weight excluding hydrogens is 240 g/mol. The first-order valence-electron chi connectivity index (χ1n) is 6.81. The van der Waals surface area contributed by atoms with Crippen molar-refractivity contribution in [2.24, 2.45) is 5.92 Å². The Hall–Kier alpha value is -1.75. The maximum Gasteiger partial charge on any atom is 0.318 e. The molecule has 0 aromatic heterocycles. The minimum atomic E-state index is -0.199. The van der Waals surface area contributed by atoms with Crippen LogP contribution in [0, 0.1) is 5.92 Å². The van der Waals surface area contributed by atoms with Crippen LogP contribution in [0.15, 0.2) is 24.3 Å². The van der Waals surface area contributed by atoms with E-state index in [0.29, 0.717) is 0 Å². The summed E-state index contributed by atoms with van der Waals surface area (Å²) in [6.07, 6.45) is 2.48. The van der Waals surface area contributed by atoms with Crippen molar-refractivity contribution in [3.8, 4) is 0 Å². The third kappa shape index (κ3) is 4.44. The molecular formula is C14H22N4O. The van der Waals surface area contributed by atoms with E-state index < -0.39 is 0 Å². The first-order chi connectivity index (χ1) is 9.28. The fraction of sp³-hybridized carbons (Fsp3) is 0.500. The number of piperidine rings is 1. The number of carbonyl (C=O) groups excluding carboxylic acids is 1. The summed E-state index contributed by atoms with van der Waals surface area (Å²) in [6.45, 7) is 3.27. The lowest BCUT2D eigenvalue weighted by Crippen LogP contribution is -2.31. The Labute approximate surface area is 114 Å². The SMILES string of the molecule is CNC(=O)Nc1ccc(NCC2CCNCC2)cc1. The molecule has 1 saturated heterocycles. The fourth-order valence-corrected chi connectivity index (χ4v) is 2.21. The van der Waals surface area contributed by atoms with Crippen molar-refractivity contribution in [2.45, 2.75) is 12.8 Å². The molecule has 0 spiro atoms. The Morgan fingerprint density at radius 1 is 1.21 bits per heavy atom. The normalized spacial score (nSPS) is 15.8. The predicted octanol–water partition coefficient (Wildman–Crippen LogP) is 1.85. The summed E-state index contributed by atoms with van der Waals surface area (Å²) in [5.41, 5.74) is 1.90. The maximum atomic E-state index is 11.2. The summed E-state index contributed by atoms with van der Waals surface area (Å²) >= 11 is 0. The number of carbonyl (C=O) groups is 1. The second kappa shape index (κ2) is 6.99. The third-order valence-electron chi connectivity index (χ3n) is 3.42. The van der Waals surface area contributed by atoms with Gasteiger partial charge in [0.1, 0.15) is 0 Å². The third-order valence-corrected chi connectivity index (χ3v) is 3.42. The van der Waals surface area contributed by atoms with E-state index >= 15 is 0 Å². The van der Waals surface area contributed by atoms with Crippen molar-refractivity contribution >= 4 is 17.4 Å². The van der Waals surface area contributed by atoms with Gasteiger partial charge in [0, 0.05) is 25.0 Å². The van der Waals surface area contributed by atoms with Gasteiger partial charge in [0.2, 0.25) is 0 Å². The number of rotatable bonds is 4. The Bertz CT molecular complexity index is 398. The Kier molecular flexibility index (Phi) is 5.03. The van der Waals surface area contributed by atoms with E-state index in [9.17, 15) is 4.79 Å². The lowest BCUT2D eigenvalue weighted by molar-refractivity contribution is 0.254. The maximum absolute atomic E-state index is 11.2. The molecule has 1 aromatic carbocycles. The summed E-state index contributed by atoms with van der Waals surface area (Å²) in [4.78, 5) is 11.2. The van der Waals surface area contributed by atoms with Crippen LogP contribution in [0.25, 0.3) is 0 Å². The van der Waals surface area contributed by atoms with Crippen molar-refractivity contribution in [1.29, 1.82) is 0 Å². The van der Waals surface area contributed by atoms with Crippen molar-refractivity contribution < 1.29 is 4.79 Å². The topological polar surface area (TPSA) is 65.2 Å². The summed E-state index contributed by atoms with van der Waals surface area (Å²) in [5.74, 6) is 0.755. The van der Waals surface area contributed by atoms with Gasteiger partial charge >= 0.3 is 6.03 Å². The van der Waals surface area contributed by atoms with Crippen LogP contribution in [0.4, 0.5) is 16.2 Å². The zero-order valence-corrected chi connectivity index (χ0v) is 11.3. The molecule has 0 radical (unpaired) electrons. The van der Waals surface area contributed by atoms with Crippen LogP contribution in [0.5, 0.6) is 0 Å². The van der Waals surface area contributed by atoms with E-state index in [1.165, 1.54) is 12.8 Å². The van der Waals surface area contributed by atoms with Crippen molar-refractivity contribution in [3.63, 3.8) is 0 Å². The van der Waals surface area contributed by atoms with Gasteiger partial charge in [-0.05, 0) is 56.1 Å². The lowest BCUT2D eigenvalue weighted by atomic mass is 9.98. The molecule has 2 rings (SSSR count). The zero-order chi connectivity index (χ0) is 13.5. The van der Waals surface area contributed by atoms with Gasteiger partial charge in [0.15, 0.2) is 0 Å². The number of benzene rings is 1. The number of hydrogen-bond acceptors (Lipinski definition) is 3. The smallest absolute Gasteiger partial charge is 0.318 e. The van der Waals surface area contributed by atoms with E-state index in [2.05, 4.69) is 21.3 Å². The fourth-order valence-electron chi connectivity index (χ4n) is 2.21. The minimum absolute atomic E-state index is 0.199. The van der Waals surface area contributed by atoms with E-state index in [0.717, 1.165) is 36.9 Å². The molecule has 0 atom stereocenters. The highest BCUT2D eigenvalue weighted by Crippen LogP contribution is 2.16. The number of urea groups is 1. The highest BCUT2D eigenvalue weighted by molar-refractivity contribution is 5.89. The highest BCUT2D eigenvalue weighted by atomic mass is 16.2. The highest BCUT2D eigenvalue weighted by Gasteiger charge is 2.12. The van der Waals surface area contributed by atoms with Gasteiger partial charge in [-0.2, -0.15) is 0 Å². The van der Waals surface area contributed by atoms with Gasteiger partial charge in [-0.1, -0.05) is 0 Å². The molecule has 4 N–H and O–H groups in total. The van der Waals surface area contributed by atoms with Gasteiger partial charge in [-0.3, -0.25) is 0 Å². The second-order valence-corrected chi connectivity index (χ2v) is 4.86. The Morgan fingerprint density at radius 3 is 2.47 bits per heavy atom. The molecule has 1 aliphatic rings. The Morgan fingerprint density at radius 2 is 1.84 bits per heavy atom. The molecule has 2 amide bonds. The molecule has 104 valence electrons. The van der Waals surface area contributed by atoms with Gasteiger partial charge in [0.25, 0.3) is 0 Å².